The van der Waals surface area contributed by atoms with Crippen molar-refractivity contribution in [2.45, 2.75) is 19.0 Å². The van der Waals surface area contributed by atoms with Crippen LogP contribution in [0.5, 0.6) is 17.4 Å². The SMILES string of the molecule is CC#CCOc1ccc([C@]2(Cn3cc4ccc(OC)cc4c3O)NC(=O)NC2=O)cc1. The molecule has 1 aliphatic rings. The van der Waals surface area contributed by atoms with Crippen molar-refractivity contribution in [2.24, 2.45) is 0 Å². The first-order valence-electron chi connectivity index (χ1n) is 9.59. The van der Waals surface area contributed by atoms with Crippen LogP contribution < -0.4 is 20.1 Å². The molecule has 1 saturated heterocycles. The van der Waals surface area contributed by atoms with Crippen molar-refractivity contribution in [2.75, 3.05) is 13.7 Å². The van der Waals surface area contributed by atoms with Crippen LogP contribution in [0.15, 0.2) is 48.7 Å². The fourth-order valence-corrected chi connectivity index (χ4v) is 3.65. The highest BCUT2D eigenvalue weighted by molar-refractivity contribution is 6.07. The van der Waals surface area contributed by atoms with Crippen molar-refractivity contribution >= 4 is 22.7 Å². The summed E-state index contributed by atoms with van der Waals surface area (Å²) in [5.41, 5.74) is -0.838. The van der Waals surface area contributed by atoms with Gasteiger partial charge in [-0.25, -0.2) is 4.79 Å². The summed E-state index contributed by atoms with van der Waals surface area (Å²) in [6.45, 7) is 1.98. The molecule has 2 heterocycles. The predicted octanol–water partition coefficient (Wildman–Crippen LogP) is 2.49. The van der Waals surface area contributed by atoms with Crippen molar-refractivity contribution in [3.63, 3.8) is 0 Å². The molecule has 1 fully saturated rings. The molecular weight excluding hydrogens is 398 g/mol. The Bertz CT molecular complexity index is 1220. The quantitative estimate of drug-likeness (QED) is 0.421. The molecule has 8 heteroatoms. The number of imide groups is 1. The predicted molar refractivity (Wildman–Crippen MR) is 114 cm³/mol. The number of amides is 3. The normalized spacial score (nSPS) is 17.6. The zero-order valence-corrected chi connectivity index (χ0v) is 17.1. The van der Waals surface area contributed by atoms with E-state index in [4.69, 9.17) is 9.47 Å². The molecule has 1 aliphatic heterocycles. The van der Waals surface area contributed by atoms with Crippen molar-refractivity contribution in [1.82, 2.24) is 15.2 Å². The summed E-state index contributed by atoms with van der Waals surface area (Å²) in [7, 11) is 1.55. The highest BCUT2D eigenvalue weighted by Crippen LogP contribution is 2.35. The molecule has 158 valence electrons. The van der Waals surface area contributed by atoms with Crippen molar-refractivity contribution in [3.8, 4) is 29.2 Å². The topological polar surface area (TPSA) is 102 Å². The average Bonchev–Trinajstić information content (AvgIpc) is 3.24. The number of methoxy groups -OCH3 is 1. The Balaban J connectivity index is 1.71. The molecule has 0 radical (unpaired) electrons. The second-order valence-electron chi connectivity index (χ2n) is 7.09. The molecule has 3 amide bonds. The van der Waals surface area contributed by atoms with Crippen LogP contribution in [0.3, 0.4) is 0 Å². The lowest BCUT2D eigenvalue weighted by Gasteiger charge is -2.27. The van der Waals surface area contributed by atoms with Gasteiger partial charge in [0.25, 0.3) is 5.91 Å². The zero-order valence-electron chi connectivity index (χ0n) is 17.1. The summed E-state index contributed by atoms with van der Waals surface area (Å²) in [6.07, 6.45) is 1.73. The number of hydrogen-bond donors (Lipinski definition) is 3. The van der Waals surface area contributed by atoms with Gasteiger partial charge in [-0.3, -0.25) is 10.1 Å². The van der Waals surface area contributed by atoms with Crippen LogP contribution in [0.25, 0.3) is 10.8 Å². The van der Waals surface area contributed by atoms with Crippen molar-refractivity contribution in [3.05, 3.63) is 54.2 Å². The van der Waals surface area contributed by atoms with Gasteiger partial charge in [-0.05, 0) is 42.8 Å². The van der Waals surface area contributed by atoms with Crippen LogP contribution >= 0.6 is 0 Å². The van der Waals surface area contributed by atoms with E-state index >= 15 is 0 Å². The minimum absolute atomic E-state index is 0.00504. The summed E-state index contributed by atoms with van der Waals surface area (Å²) in [5, 5.41) is 17.2. The van der Waals surface area contributed by atoms with Crippen molar-refractivity contribution in [1.29, 1.82) is 0 Å². The molecule has 2 aromatic carbocycles. The maximum absolute atomic E-state index is 12.9. The van der Waals surface area contributed by atoms with E-state index in [1.807, 2.05) is 6.07 Å². The standard InChI is InChI=1S/C23H21N3O5/c1-3-4-11-31-17-9-6-16(7-10-17)23(21(28)24-22(29)25-23)14-26-13-15-5-8-18(30-2)12-19(15)20(26)27/h5-10,12-13,27H,11,14H2,1-2H3,(H2,24,25,28,29)/t23-/m0/s1. The molecule has 4 rings (SSSR count). The van der Waals surface area contributed by atoms with Gasteiger partial charge in [0.15, 0.2) is 11.4 Å². The van der Waals surface area contributed by atoms with E-state index in [2.05, 4.69) is 22.5 Å². The number of urea groups is 1. The third-order valence-corrected chi connectivity index (χ3v) is 5.25. The Hall–Kier alpha value is -4.12. The zero-order chi connectivity index (χ0) is 22.0. The Labute approximate surface area is 178 Å². The third-order valence-electron chi connectivity index (χ3n) is 5.25. The number of hydrogen-bond acceptors (Lipinski definition) is 5. The van der Waals surface area contributed by atoms with Crippen LogP contribution in [0, 0.1) is 11.8 Å². The summed E-state index contributed by atoms with van der Waals surface area (Å²) in [5.74, 6) is 6.23. The molecule has 0 bridgehead atoms. The van der Waals surface area contributed by atoms with Gasteiger partial charge in [0.2, 0.25) is 0 Å². The molecule has 0 saturated carbocycles. The van der Waals surface area contributed by atoms with E-state index in [-0.39, 0.29) is 19.0 Å². The largest absolute Gasteiger partial charge is 0.497 e. The molecule has 8 nitrogen and oxygen atoms in total. The smallest absolute Gasteiger partial charge is 0.322 e. The van der Waals surface area contributed by atoms with Gasteiger partial charge in [0.1, 0.15) is 18.1 Å². The lowest BCUT2D eigenvalue weighted by molar-refractivity contribution is -0.124. The lowest BCUT2D eigenvalue weighted by Crippen LogP contribution is -2.47. The minimum Gasteiger partial charge on any atom is -0.497 e. The monoisotopic (exact) mass is 419 g/mol. The van der Waals surface area contributed by atoms with Crippen LogP contribution in [0.2, 0.25) is 0 Å². The maximum atomic E-state index is 12.9. The number of rotatable bonds is 6. The van der Waals surface area contributed by atoms with E-state index in [1.165, 1.54) is 4.57 Å². The van der Waals surface area contributed by atoms with Crippen LogP contribution in [0.1, 0.15) is 12.5 Å². The number of nitrogens with zero attached hydrogens (tertiary/aromatic N) is 1. The lowest BCUT2D eigenvalue weighted by atomic mass is 9.89. The van der Waals surface area contributed by atoms with Gasteiger partial charge >= 0.3 is 6.03 Å². The summed E-state index contributed by atoms with van der Waals surface area (Å²) in [4.78, 5) is 24.9. The Kier molecular flexibility index (Phi) is 5.17. The molecule has 3 aromatic rings. The van der Waals surface area contributed by atoms with E-state index in [9.17, 15) is 14.7 Å². The van der Waals surface area contributed by atoms with Gasteiger partial charge < -0.3 is 24.5 Å². The number of aromatic nitrogens is 1. The van der Waals surface area contributed by atoms with Crippen LogP contribution in [0.4, 0.5) is 4.79 Å². The molecule has 1 aromatic heterocycles. The molecule has 0 aliphatic carbocycles. The molecule has 1 atom stereocenters. The number of fused-ring (bicyclic) bond motifs is 1. The molecular formula is C23H21N3O5. The summed E-state index contributed by atoms with van der Waals surface area (Å²) >= 11 is 0. The number of carbonyl (C=O) groups is 2. The van der Waals surface area contributed by atoms with E-state index in [1.54, 1.807) is 56.6 Å². The summed E-state index contributed by atoms with van der Waals surface area (Å²) < 4.78 is 12.3. The second-order valence-corrected chi connectivity index (χ2v) is 7.09. The fraction of sp³-hybridized carbons (Fsp3) is 0.217. The second kappa shape index (κ2) is 7.95. The number of nitrogens with one attached hydrogen (secondary N) is 2. The average molecular weight is 419 g/mol. The van der Waals surface area contributed by atoms with E-state index in [0.717, 1.165) is 5.39 Å². The third kappa shape index (κ3) is 3.62. The van der Waals surface area contributed by atoms with Gasteiger partial charge in [-0.1, -0.05) is 18.1 Å². The number of ether oxygens (including phenoxy) is 2. The van der Waals surface area contributed by atoms with E-state index in [0.29, 0.717) is 22.4 Å². The highest BCUT2D eigenvalue weighted by atomic mass is 16.5. The maximum Gasteiger partial charge on any atom is 0.322 e. The first-order valence-corrected chi connectivity index (χ1v) is 9.59. The number of carbonyl (C=O) groups excluding carboxylic acids is 2. The minimum atomic E-state index is -1.39. The summed E-state index contributed by atoms with van der Waals surface area (Å²) in [6, 6.07) is 11.6. The fourth-order valence-electron chi connectivity index (χ4n) is 3.65. The first-order chi connectivity index (χ1) is 15.0. The van der Waals surface area contributed by atoms with Gasteiger partial charge in [0.05, 0.1) is 13.7 Å². The van der Waals surface area contributed by atoms with Crippen molar-refractivity contribution < 1.29 is 24.2 Å². The van der Waals surface area contributed by atoms with Gasteiger partial charge in [-0.2, -0.15) is 0 Å². The Morgan fingerprint density at radius 1 is 1.13 bits per heavy atom. The van der Waals surface area contributed by atoms with Gasteiger partial charge in [-0.15, -0.1) is 5.92 Å². The Morgan fingerprint density at radius 2 is 1.87 bits per heavy atom. The molecule has 3 N–H and O–H groups in total. The number of aromatic hydroxyl groups is 1. The Morgan fingerprint density at radius 3 is 2.52 bits per heavy atom. The molecule has 31 heavy (non-hydrogen) atoms. The number of benzene rings is 2. The van der Waals surface area contributed by atoms with E-state index < -0.39 is 17.5 Å². The molecule has 0 spiro atoms. The highest BCUT2D eigenvalue weighted by Gasteiger charge is 2.48. The van der Waals surface area contributed by atoms with Gasteiger partial charge in [0, 0.05) is 17.0 Å². The van der Waals surface area contributed by atoms with Crippen LogP contribution in [-0.2, 0) is 16.9 Å². The first kappa shape index (κ1) is 20.2. The molecule has 0 unspecified atom stereocenters. The van der Waals surface area contributed by atoms with Crippen LogP contribution in [-0.4, -0.2) is 35.3 Å².